The van der Waals surface area contributed by atoms with E-state index in [4.69, 9.17) is 5.11 Å². The van der Waals surface area contributed by atoms with E-state index >= 15 is 0 Å². The fourth-order valence-corrected chi connectivity index (χ4v) is 3.45. The minimum absolute atomic E-state index is 0.0163. The summed E-state index contributed by atoms with van der Waals surface area (Å²) in [5.41, 5.74) is 2.30. The lowest BCUT2D eigenvalue weighted by atomic mass is 10.0. The van der Waals surface area contributed by atoms with E-state index < -0.39 is 0 Å². The second-order valence-electron chi connectivity index (χ2n) is 6.15. The van der Waals surface area contributed by atoms with Crippen LogP contribution in [0.25, 0.3) is 0 Å². The van der Waals surface area contributed by atoms with Gasteiger partial charge in [-0.15, -0.1) is 0 Å². The van der Waals surface area contributed by atoms with Gasteiger partial charge in [-0.05, 0) is 31.5 Å². The van der Waals surface area contributed by atoms with Crippen LogP contribution in [0.3, 0.4) is 0 Å². The van der Waals surface area contributed by atoms with E-state index in [1.807, 2.05) is 24.1 Å². The quantitative estimate of drug-likeness (QED) is 0.903. The van der Waals surface area contributed by atoms with Gasteiger partial charge in [0.15, 0.2) is 5.78 Å². The van der Waals surface area contributed by atoms with Crippen molar-refractivity contribution in [2.24, 2.45) is 0 Å². The molecule has 1 N–H and O–H groups in total. The van der Waals surface area contributed by atoms with Crippen molar-refractivity contribution in [1.82, 2.24) is 9.80 Å². The second kappa shape index (κ2) is 6.18. The number of rotatable bonds is 3. The number of fused-ring (bicyclic) bond motifs is 1. The summed E-state index contributed by atoms with van der Waals surface area (Å²) in [7, 11) is 2.03. The van der Waals surface area contributed by atoms with E-state index in [0.29, 0.717) is 43.5 Å². The molecule has 1 atom stereocenters. The number of benzene rings is 1. The Labute approximate surface area is 130 Å². The first-order valence-electron chi connectivity index (χ1n) is 7.87. The van der Waals surface area contributed by atoms with Gasteiger partial charge in [-0.2, -0.15) is 0 Å². The molecule has 22 heavy (non-hydrogen) atoms. The highest BCUT2D eigenvalue weighted by atomic mass is 16.3. The summed E-state index contributed by atoms with van der Waals surface area (Å²) in [5, 5.41) is 9.17. The summed E-state index contributed by atoms with van der Waals surface area (Å²) < 4.78 is 0. The number of hydrogen-bond acceptors (Lipinski definition) is 4. The van der Waals surface area contributed by atoms with Crippen molar-refractivity contribution in [3.63, 3.8) is 0 Å². The fraction of sp³-hybridized carbons (Fsp3) is 0.529. The second-order valence-corrected chi connectivity index (χ2v) is 6.15. The van der Waals surface area contributed by atoms with Crippen molar-refractivity contribution in [2.45, 2.75) is 25.3 Å². The molecule has 0 bridgehead atoms. The standard InChI is InChI=1S/C17H22N2O3/c1-18-8-9-19(11-12(18)7-10-20)17(22)15-4-2-3-14-13(15)5-6-16(14)21/h2-4,12,20H,5-11H2,1H3. The van der Waals surface area contributed by atoms with E-state index in [-0.39, 0.29) is 24.3 Å². The number of Topliss-reactive ketones (excluding diaryl/α,β-unsaturated/α-hetero) is 1. The molecule has 2 aliphatic rings. The van der Waals surface area contributed by atoms with Gasteiger partial charge >= 0.3 is 0 Å². The molecule has 0 spiro atoms. The first-order chi connectivity index (χ1) is 10.6. The van der Waals surface area contributed by atoms with Crippen LogP contribution < -0.4 is 0 Å². The van der Waals surface area contributed by atoms with Crippen molar-refractivity contribution in [3.05, 3.63) is 34.9 Å². The molecule has 1 heterocycles. The fourth-order valence-electron chi connectivity index (χ4n) is 3.45. The largest absolute Gasteiger partial charge is 0.396 e. The van der Waals surface area contributed by atoms with Crippen molar-refractivity contribution >= 4 is 11.7 Å². The number of piperazine rings is 1. The molecule has 1 amide bonds. The molecule has 1 unspecified atom stereocenters. The third-order valence-electron chi connectivity index (χ3n) is 4.84. The minimum atomic E-state index is 0.0163. The van der Waals surface area contributed by atoms with E-state index in [1.54, 1.807) is 6.07 Å². The van der Waals surface area contributed by atoms with Crippen LogP contribution in [0.2, 0.25) is 0 Å². The maximum absolute atomic E-state index is 12.9. The number of aliphatic hydroxyl groups is 1. The van der Waals surface area contributed by atoms with Crippen molar-refractivity contribution in [3.8, 4) is 0 Å². The van der Waals surface area contributed by atoms with Crippen molar-refractivity contribution < 1.29 is 14.7 Å². The number of likely N-dealkylation sites (N-methyl/N-ethyl adjacent to an activating group) is 1. The van der Waals surface area contributed by atoms with Gasteiger partial charge in [0.25, 0.3) is 5.91 Å². The van der Waals surface area contributed by atoms with Crippen LogP contribution >= 0.6 is 0 Å². The number of ketones is 1. The molecule has 1 aromatic rings. The van der Waals surface area contributed by atoms with Gasteiger partial charge in [-0.3, -0.25) is 14.5 Å². The Balaban J connectivity index is 1.82. The number of carbonyl (C=O) groups excluding carboxylic acids is 2. The SMILES string of the molecule is CN1CCN(C(=O)c2cccc3c2CCC3=O)CC1CCO. The van der Waals surface area contributed by atoms with Gasteiger partial charge < -0.3 is 10.0 Å². The molecule has 5 nitrogen and oxygen atoms in total. The Hall–Kier alpha value is -1.72. The molecular formula is C17H22N2O3. The number of hydrogen-bond donors (Lipinski definition) is 1. The third-order valence-corrected chi connectivity index (χ3v) is 4.84. The molecule has 1 saturated heterocycles. The van der Waals surface area contributed by atoms with Crippen molar-refractivity contribution in [2.75, 3.05) is 33.3 Å². The van der Waals surface area contributed by atoms with Crippen LogP contribution in [-0.4, -0.2) is 65.9 Å². The lowest BCUT2D eigenvalue weighted by molar-refractivity contribution is 0.0499. The average molecular weight is 302 g/mol. The van der Waals surface area contributed by atoms with E-state index in [9.17, 15) is 9.59 Å². The lowest BCUT2D eigenvalue weighted by Crippen LogP contribution is -2.53. The number of carbonyl (C=O) groups is 2. The molecular weight excluding hydrogens is 280 g/mol. The van der Waals surface area contributed by atoms with Gasteiger partial charge in [0.1, 0.15) is 0 Å². The summed E-state index contributed by atoms with van der Waals surface area (Å²) in [6, 6.07) is 5.65. The molecule has 3 rings (SSSR count). The zero-order valence-corrected chi connectivity index (χ0v) is 12.9. The van der Waals surface area contributed by atoms with Crippen LogP contribution in [0.1, 0.15) is 39.1 Å². The van der Waals surface area contributed by atoms with Crippen LogP contribution in [-0.2, 0) is 6.42 Å². The monoisotopic (exact) mass is 302 g/mol. The number of aliphatic hydroxyl groups excluding tert-OH is 1. The highest BCUT2D eigenvalue weighted by Crippen LogP contribution is 2.27. The highest BCUT2D eigenvalue weighted by molar-refractivity contribution is 6.05. The minimum Gasteiger partial charge on any atom is -0.396 e. The Kier molecular flexibility index (Phi) is 4.27. The van der Waals surface area contributed by atoms with Crippen LogP contribution in [0.15, 0.2) is 18.2 Å². The van der Waals surface area contributed by atoms with E-state index in [0.717, 1.165) is 12.1 Å². The van der Waals surface area contributed by atoms with E-state index in [2.05, 4.69) is 4.90 Å². The molecule has 0 saturated carbocycles. The Bertz CT molecular complexity index is 600. The Morgan fingerprint density at radius 1 is 1.32 bits per heavy atom. The smallest absolute Gasteiger partial charge is 0.254 e. The van der Waals surface area contributed by atoms with Crippen LogP contribution in [0.4, 0.5) is 0 Å². The molecule has 5 heteroatoms. The zero-order chi connectivity index (χ0) is 15.7. The molecule has 1 fully saturated rings. The first-order valence-corrected chi connectivity index (χ1v) is 7.87. The third kappa shape index (κ3) is 2.66. The topological polar surface area (TPSA) is 60.9 Å². The maximum Gasteiger partial charge on any atom is 0.254 e. The van der Waals surface area contributed by atoms with Gasteiger partial charge in [0, 0.05) is 49.8 Å². The lowest BCUT2D eigenvalue weighted by Gasteiger charge is -2.39. The summed E-state index contributed by atoms with van der Waals surface area (Å²) in [4.78, 5) is 28.7. The zero-order valence-electron chi connectivity index (χ0n) is 12.9. The number of nitrogens with zero attached hydrogens (tertiary/aromatic N) is 2. The van der Waals surface area contributed by atoms with Gasteiger partial charge in [0.05, 0.1) is 0 Å². The Morgan fingerprint density at radius 2 is 2.14 bits per heavy atom. The molecule has 0 aromatic heterocycles. The van der Waals surface area contributed by atoms with Crippen LogP contribution in [0.5, 0.6) is 0 Å². The molecule has 118 valence electrons. The molecule has 1 aromatic carbocycles. The number of amides is 1. The van der Waals surface area contributed by atoms with Crippen LogP contribution in [0, 0.1) is 0 Å². The molecule has 0 radical (unpaired) electrons. The molecule has 1 aliphatic heterocycles. The summed E-state index contributed by atoms with van der Waals surface area (Å²) in [6.45, 7) is 2.26. The van der Waals surface area contributed by atoms with Gasteiger partial charge in [0.2, 0.25) is 0 Å². The summed E-state index contributed by atoms with van der Waals surface area (Å²) in [5.74, 6) is 0.156. The highest BCUT2D eigenvalue weighted by Gasteiger charge is 2.30. The van der Waals surface area contributed by atoms with Gasteiger partial charge in [-0.1, -0.05) is 12.1 Å². The van der Waals surface area contributed by atoms with Crippen molar-refractivity contribution in [1.29, 1.82) is 0 Å². The molecule has 1 aliphatic carbocycles. The van der Waals surface area contributed by atoms with E-state index in [1.165, 1.54) is 0 Å². The summed E-state index contributed by atoms with van der Waals surface area (Å²) >= 11 is 0. The predicted octanol–water partition coefficient (Wildman–Crippen LogP) is 0.954. The Morgan fingerprint density at radius 3 is 2.91 bits per heavy atom. The normalized spacial score (nSPS) is 22.0. The first kappa shape index (κ1) is 15.2. The average Bonchev–Trinajstić information content (AvgIpc) is 2.91. The maximum atomic E-state index is 12.9. The van der Waals surface area contributed by atoms with Gasteiger partial charge in [-0.25, -0.2) is 0 Å². The summed E-state index contributed by atoms with van der Waals surface area (Å²) in [6.07, 6.45) is 1.85. The predicted molar refractivity (Wildman–Crippen MR) is 83.1 cm³/mol.